The largest absolute Gasteiger partial charge is 0.365 e. The summed E-state index contributed by atoms with van der Waals surface area (Å²) in [6, 6.07) is 13.6. The van der Waals surface area contributed by atoms with E-state index in [0.717, 1.165) is 26.1 Å². The van der Waals surface area contributed by atoms with Crippen molar-refractivity contribution >= 4 is 5.69 Å². The van der Waals surface area contributed by atoms with E-state index in [1.165, 1.54) is 54.7 Å². The van der Waals surface area contributed by atoms with E-state index in [4.69, 9.17) is 4.98 Å². The lowest BCUT2D eigenvalue weighted by Gasteiger charge is -2.38. The number of rotatable bonds is 4. The van der Waals surface area contributed by atoms with Crippen molar-refractivity contribution in [3.8, 4) is 0 Å². The lowest BCUT2D eigenvalue weighted by Crippen LogP contribution is -2.47. The van der Waals surface area contributed by atoms with Gasteiger partial charge >= 0.3 is 0 Å². The van der Waals surface area contributed by atoms with Crippen LogP contribution in [-0.4, -0.2) is 54.7 Å². The quantitative estimate of drug-likeness (QED) is 0.822. The highest BCUT2D eigenvalue weighted by atomic mass is 15.3. The van der Waals surface area contributed by atoms with Crippen LogP contribution in [0.15, 0.2) is 36.5 Å². The zero-order valence-electron chi connectivity index (χ0n) is 18.0. The summed E-state index contributed by atoms with van der Waals surface area (Å²) in [5.41, 5.74) is 7.34. The first-order chi connectivity index (χ1) is 14.8. The molecule has 4 heterocycles. The van der Waals surface area contributed by atoms with Gasteiger partial charge in [-0.05, 0) is 68.0 Å². The molecule has 2 fully saturated rings. The van der Waals surface area contributed by atoms with Gasteiger partial charge in [-0.3, -0.25) is 9.88 Å². The van der Waals surface area contributed by atoms with E-state index in [2.05, 4.69) is 57.8 Å². The highest BCUT2D eigenvalue weighted by Crippen LogP contribution is 2.36. The summed E-state index contributed by atoms with van der Waals surface area (Å²) < 4.78 is 0. The standard InChI is InChI=1S/C25H33N5/c1-29(24-9-2-5-17-7-4-10-26-25(17)24)15-20-12-22-18(13-27-20)6-3-8-23(22)30-16-19-11-21(30)14-28-19/h3-4,6-8,10,19-21,24,27-28H,2,5,9,11-16H2,1H3/t19-,20-,21-,24+/m1/s1. The highest BCUT2D eigenvalue weighted by molar-refractivity contribution is 5.60. The van der Waals surface area contributed by atoms with Crippen molar-refractivity contribution in [1.82, 2.24) is 20.5 Å². The van der Waals surface area contributed by atoms with Gasteiger partial charge in [-0.25, -0.2) is 0 Å². The smallest absolute Gasteiger partial charge is 0.0607 e. The minimum Gasteiger partial charge on any atom is -0.365 e. The topological polar surface area (TPSA) is 43.4 Å². The van der Waals surface area contributed by atoms with E-state index in [9.17, 15) is 0 Å². The molecule has 1 aromatic carbocycles. The molecule has 0 amide bonds. The maximum atomic E-state index is 4.76. The number of nitrogens with zero attached hydrogens (tertiary/aromatic N) is 3. The third kappa shape index (κ3) is 3.24. The van der Waals surface area contributed by atoms with Gasteiger partial charge in [-0.1, -0.05) is 18.2 Å². The number of nitrogens with one attached hydrogen (secondary N) is 2. The summed E-state index contributed by atoms with van der Waals surface area (Å²) in [4.78, 5) is 10.0. The summed E-state index contributed by atoms with van der Waals surface area (Å²) >= 11 is 0. The number of anilines is 1. The third-order valence-corrected chi connectivity index (χ3v) is 7.85. The molecule has 5 heteroatoms. The van der Waals surface area contributed by atoms with Gasteiger partial charge in [0.1, 0.15) is 0 Å². The van der Waals surface area contributed by atoms with Gasteiger partial charge in [0, 0.05) is 56.2 Å². The summed E-state index contributed by atoms with van der Waals surface area (Å²) in [5, 5.41) is 7.48. The fourth-order valence-corrected chi connectivity index (χ4v) is 6.34. The maximum Gasteiger partial charge on any atom is 0.0607 e. The molecule has 158 valence electrons. The van der Waals surface area contributed by atoms with Gasteiger partial charge in [0.05, 0.1) is 11.7 Å². The Kier molecular flexibility index (Phi) is 4.78. The number of hydrogen-bond donors (Lipinski definition) is 2. The fraction of sp³-hybridized carbons (Fsp3) is 0.560. The highest BCUT2D eigenvalue weighted by Gasteiger charge is 2.39. The Morgan fingerprint density at radius 2 is 2.10 bits per heavy atom. The molecule has 30 heavy (non-hydrogen) atoms. The zero-order chi connectivity index (χ0) is 20.1. The van der Waals surface area contributed by atoms with Crippen LogP contribution in [0.5, 0.6) is 0 Å². The Morgan fingerprint density at radius 3 is 2.97 bits per heavy atom. The Balaban J connectivity index is 1.20. The number of fused-ring (bicyclic) bond motifs is 4. The first-order valence-electron chi connectivity index (χ1n) is 11.7. The van der Waals surface area contributed by atoms with Gasteiger partial charge in [0.25, 0.3) is 0 Å². The molecular weight excluding hydrogens is 370 g/mol. The minimum absolute atomic E-state index is 0.453. The van der Waals surface area contributed by atoms with E-state index >= 15 is 0 Å². The Labute approximate surface area is 179 Å². The van der Waals surface area contributed by atoms with E-state index in [1.54, 1.807) is 5.56 Å². The second kappa shape index (κ2) is 7.63. The van der Waals surface area contributed by atoms with Crippen LogP contribution in [0.25, 0.3) is 0 Å². The maximum absolute atomic E-state index is 4.76. The van der Waals surface area contributed by atoms with Crippen molar-refractivity contribution < 1.29 is 0 Å². The number of piperazine rings is 1. The van der Waals surface area contributed by atoms with Crippen LogP contribution in [0.1, 0.15) is 47.7 Å². The molecule has 0 unspecified atom stereocenters. The molecule has 4 aliphatic rings. The number of benzene rings is 1. The summed E-state index contributed by atoms with van der Waals surface area (Å²) in [6.07, 6.45) is 8.06. The van der Waals surface area contributed by atoms with Crippen molar-refractivity contribution in [3.05, 3.63) is 58.9 Å². The Hall–Kier alpha value is -1.95. The summed E-state index contributed by atoms with van der Waals surface area (Å²) in [5.74, 6) is 0. The van der Waals surface area contributed by atoms with Crippen LogP contribution in [0.4, 0.5) is 5.69 Å². The van der Waals surface area contributed by atoms with Gasteiger partial charge in [-0.15, -0.1) is 0 Å². The van der Waals surface area contributed by atoms with E-state index in [1.807, 2.05) is 6.20 Å². The lowest BCUT2D eigenvalue weighted by atomic mass is 9.89. The second-order valence-electron chi connectivity index (χ2n) is 9.74. The van der Waals surface area contributed by atoms with E-state index in [-0.39, 0.29) is 0 Å². The van der Waals surface area contributed by atoms with Crippen LogP contribution in [0.3, 0.4) is 0 Å². The van der Waals surface area contributed by atoms with Crippen LogP contribution < -0.4 is 15.5 Å². The zero-order valence-corrected chi connectivity index (χ0v) is 18.0. The summed E-state index contributed by atoms with van der Waals surface area (Å²) in [6.45, 7) is 4.37. The molecule has 6 rings (SSSR count). The molecule has 1 aliphatic carbocycles. The average Bonchev–Trinajstić information content (AvgIpc) is 3.42. The lowest BCUT2D eigenvalue weighted by molar-refractivity contribution is 0.191. The Bertz CT molecular complexity index is 928. The normalized spacial score (nSPS) is 29.9. The van der Waals surface area contributed by atoms with Crippen molar-refractivity contribution in [2.45, 2.75) is 62.8 Å². The molecule has 5 nitrogen and oxygen atoms in total. The molecule has 2 bridgehead atoms. The number of pyridine rings is 1. The molecule has 0 saturated carbocycles. The van der Waals surface area contributed by atoms with Crippen LogP contribution >= 0.6 is 0 Å². The molecule has 2 N–H and O–H groups in total. The molecule has 2 saturated heterocycles. The first kappa shape index (κ1) is 18.8. The molecule has 1 aromatic heterocycles. The van der Waals surface area contributed by atoms with Gasteiger partial charge in [0.2, 0.25) is 0 Å². The van der Waals surface area contributed by atoms with Crippen LogP contribution in [0.2, 0.25) is 0 Å². The van der Waals surface area contributed by atoms with Crippen molar-refractivity contribution in [3.63, 3.8) is 0 Å². The van der Waals surface area contributed by atoms with Gasteiger partial charge in [-0.2, -0.15) is 0 Å². The molecule has 3 aliphatic heterocycles. The van der Waals surface area contributed by atoms with Crippen molar-refractivity contribution in [1.29, 1.82) is 0 Å². The predicted octanol–water partition coefficient (Wildman–Crippen LogP) is 2.66. The summed E-state index contributed by atoms with van der Waals surface area (Å²) in [7, 11) is 2.29. The SMILES string of the molecule is CN(C[C@H]1Cc2c(cccc2N2C[C@H]3C[C@@H]2CN3)CN1)[C@H]1CCCc2cccnc21. The molecule has 0 radical (unpaired) electrons. The molecule has 0 spiro atoms. The van der Waals surface area contributed by atoms with Crippen molar-refractivity contribution in [2.24, 2.45) is 0 Å². The van der Waals surface area contributed by atoms with Gasteiger partial charge < -0.3 is 15.5 Å². The monoisotopic (exact) mass is 403 g/mol. The third-order valence-electron chi connectivity index (χ3n) is 7.85. The first-order valence-corrected chi connectivity index (χ1v) is 11.7. The fourth-order valence-electron chi connectivity index (χ4n) is 6.34. The predicted molar refractivity (Wildman–Crippen MR) is 121 cm³/mol. The van der Waals surface area contributed by atoms with Gasteiger partial charge in [0.15, 0.2) is 0 Å². The number of hydrogen-bond acceptors (Lipinski definition) is 5. The Morgan fingerprint density at radius 1 is 1.17 bits per heavy atom. The molecule has 2 aromatic rings. The van der Waals surface area contributed by atoms with E-state index in [0.29, 0.717) is 24.2 Å². The van der Waals surface area contributed by atoms with E-state index < -0.39 is 0 Å². The second-order valence-corrected chi connectivity index (χ2v) is 9.74. The molecule has 4 atom stereocenters. The van der Waals surface area contributed by atoms with Crippen LogP contribution in [-0.2, 0) is 19.4 Å². The van der Waals surface area contributed by atoms with Crippen molar-refractivity contribution in [2.75, 3.05) is 31.6 Å². The van der Waals surface area contributed by atoms with Crippen LogP contribution in [0, 0.1) is 0 Å². The number of likely N-dealkylation sites (N-methyl/N-ethyl adjacent to an activating group) is 1. The average molecular weight is 404 g/mol. The number of aromatic nitrogens is 1. The molecular formula is C25H33N5. The minimum atomic E-state index is 0.453. The number of aryl methyl sites for hydroxylation is 1.